The standard InChI is InChI=1S/C33H34ClN5O3S2/c1-33(2,3)32(42)39-31(43-22-24-11-14-28(34)44-24)20-26(35-39)25-12-15-29(40)38(21-30(41)37-18-16-36(4)17-19-37)27(25)13-10-23-8-6-5-7-9-23/h5-9,11-12,14-15,20H,16-19,21-22H2,1-4H3. The molecule has 0 aliphatic carbocycles. The number of thioether (sulfide) groups is 1. The van der Waals surface area contributed by atoms with Crippen LogP contribution in [0.1, 0.15) is 41.7 Å². The molecule has 4 aromatic rings. The first-order valence-corrected chi connectivity index (χ1v) is 16.5. The van der Waals surface area contributed by atoms with E-state index in [0.29, 0.717) is 45.2 Å². The zero-order valence-corrected chi connectivity index (χ0v) is 27.6. The number of likely N-dealkylation sites (N-methyl/N-ethyl adjacent to an activating group) is 1. The van der Waals surface area contributed by atoms with E-state index < -0.39 is 5.41 Å². The van der Waals surface area contributed by atoms with Crippen molar-refractivity contribution in [1.82, 2.24) is 24.1 Å². The van der Waals surface area contributed by atoms with Gasteiger partial charge in [-0.1, -0.05) is 56.5 Å². The van der Waals surface area contributed by atoms with Crippen LogP contribution in [0.25, 0.3) is 11.3 Å². The van der Waals surface area contributed by atoms with Gasteiger partial charge < -0.3 is 9.80 Å². The molecule has 44 heavy (non-hydrogen) atoms. The van der Waals surface area contributed by atoms with Crippen molar-refractivity contribution in [2.45, 2.75) is 38.1 Å². The second-order valence-electron chi connectivity index (χ2n) is 11.6. The van der Waals surface area contributed by atoms with Gasteiger partial charge in [-0.25, -0.2) is 0 Å². The molecule has 1 aromatic carbocycles. The predicted molar refractivity (Wildman–Crippen MR) is 177 cm³/mol. The van der Waals surface area contributed by atoms with Crippen LogP contribution in [-0.4, -0.2) is 69.2 Å². The summed E-state index contributed by atoms with van der Waals surface area (Å²) in [4.78, 5) is 45.3. The lowest BCUT2D eigenvalue weighted by atomic mass is 9.96. The van der Waals surface area contributed by atoms with Crippen molar-refractivity contribution in [1.29, 1.82) is 0 Å². The number of nitrogens with zero attached hydrogens (tertiary/aromatic N) is 5. The summed E-state index contributed by atoms with van der Waals surface area (Å²) in [5.41, 5.74) is 1.19. The van der Waals surface area contributed by atoms with Crippen molar-refractivity contribution >= 4 is 46.5 Å². The number of hydrogen-bond acceptors (Lipinski definition) is 7. The van der Waals surface area contributed by atoms with Gasteiger partial charge in [-0.2, -0.15) is 9.78 Å². The number of piperazine rings is 1. The van der Waals surface area contributed by atoms with E-state index in [9.17, 15) is 14.4 Å². The number of carbonyl (C=O) groups excluding carboxylic acids is 2. The Labute approximate surface area is 270 Å². The van der Waals surface area contributed by atoms with Gasteiger partial charge in [0.25, 0.3) is 11.5 Å². The molecule has 1 aliphatic heterocycles. The first kappa shape index (κ1) is 31.8. The second kappa shape index (κ2) is 13.6. The van der Waals surface area contributed by atoms with E-state index in [4.69, 9.17) is 16.7 Å². The summed E-state index contributed by atoms with van der Waals surface area (Å²) in [5.74, 6) is 6.65. The number of carbonyl (C=O) groups is 2. The van der Waals surface area contributed by atoms with Gasteiger partial charge in [0.05, 0.1) is 10.0 Å². The highest BCUT2D eigenvalue weighted by Crippen LogP contribution is 2.33. The number of halogens is 1. The third-order valence-corrected chi connectivity index (χ3v) is 9.67. The summed E-state index contributed by atoms with van der Waals surface area (Å²) >= 11 is 9.13. The Balaban J connectivity index is 1.60. The Morgan fingerprint density at radius 2 is 1.73 bits per heavy atom. The van der Waals surface area contributed by atoms with Crippen molar-refractivity contribution in [2.75, 3.05) is 33.2 Å². The minimum atomic E-state index is -0.686. The minimum Gasteiger partial charge on any atom is -0.339 e. The molecule has 0 bridgehead atoms. The molecular weight excluding hydrogens is 614 g/mol. The first-order chi connectivity index (χ1) is 21.0. The topological polar surface area (TPSA) is 80.4 Å². The van der Waals surface area contributed by atoms with Crippen LogP contribution >= 0.6 is 34.7 Å². The average Bonchev–Trinajstić information content (AvgIpc) is 3.62. The Bertz CT molecular complexity index is 1790. The second-order valence-corrected chi connectivity index (χ2v) is 14.4. The highest BCUT2D eigenvalue weighted by Gasteiger charge is 2.28. The van der Waals surface area contributed by atoms with E-state index >= 15 is 0 Å². The normalized spacial score (nSPS) is 13.9. The van der Waals surface area contributed by atoms with Crippen molar-refractivity contribution in [2.24, 2.45) is 5.41 Å². The van der Waals surface area contributed by atoms with Gasteiger partial charge in [-0.15, -0.1) is 23.1 Å². The summed E-state index contributed by atoms with van der Waals surface area (Å²) in [7, 11) is 2.03. The molecule has 8 nitrogen and oxygen atoms in total. The molecular formula is C33H34ClN5O3S2. The molecule has 0 atom stereocenters. The Hall–Kier alpha value is -3.62. The third-order valence-electron chi connectivity index (χ3n) is 7.21. The van der Waals surface area contributed by atoms with Crippen LogP contribution in [0.15, 0.2) is 70.5 Å². The minimum absolute atomic E-state index is 0.139. The molecule has 4 heterocycles. The van der Waals surface area contributed by atoms with Crippen LogP contribution < -0.4 is 5.56 Å². The number of thiophene rings is 1. The molecule has 5 rings (SSSR count). The van der Waals surface area contributed by atoms with Gasteiger partial charge in [0, 0.05) is 59.4 Å². The fourth-order valence-electron chi connectivity index (χ4n) is 4.66. The molecule has 3 aromatic heterocycles. The maximum absolute atomic E-state index is 13.5. The number of amides is 1. The van der Waals surface area contributed by atoms with Crippen molar-refractivity contribution in [3.05, 3.63) is 91.5 Å². The van der Waals surface area contributed by atoms with E-state index in [1.54, 1.807) is 11.0 Å². The third kappa shape index (κ3) is 7.53. The molecule has 1 saturated heterocycles. The highest BCUT2D eigenvalue weighted by molar-refractivity contribution is 7.98. The fraction of sp³-hybridized carbons (Fsp3) is 0.333. The Kier molecular flexibility index (Phi) is 9.81. The SMILES string of the molecule is CN1CCN(C(=O)Cn2c(C#Cc3ccccc3)c(-c3cc(SCc4ccc(Cl)s4)n(C(=O)C(C)(C)C)n3)ccc2=O)CC1. The number of hydrogen-bond donors (Lipinski definition) is 0. The van der Waals surface area contributed by atoms with Crippen LogP contribution in [0.3, 0.4) is 0 Å². The van der Waals surface area contributed by atoms with Crippen molar-refractivity contribution < 1.29 is 9.59 Å². The van der Waals surface area contributed by atoms with Crippen molar-refractivity contribution in [3.8, 4) is 23.1 Å². The molecule has 1 aliphatic rings. The van der Waals surface area contributed by atoms with E-state index in [0.717, 1.165) is 23.5 Å². The van der Waals surface area contributed by atoms with Crippen LogP contribution in [0.5, 0.6) is 0 Å². The highest BCUT2D eigenvalue weighted by atomic mass is 35.5. The van der Waals surface area contributed by atoms with E-state index in [2.05, 4.69) is 16.7 Å². The lowest BCUT2D eigenvalue weighted by Gasteiger charge is -2.32. The summed E-state index contributed by atoms with van der Waals surface area (Å²) in [5, 5.41) is 5.43. The van der Waals surface area contributed by atoms with Crippen molar-refractivity contribution in [3.63, 3.8) is 0 Å². The quantitative estimate of drug-likeness (QED) is 0.201. The summed E-state index contributed by atoms with van der Waals surface area (Å²) in [6, 6.07) is 18.3. The zero-order valence-electron chi connectivity index (χ0n) is 25.2. The molecule has 0 N–H and O–H groups in total. The fourth-order valence-corrected chi connectivity index (χ4v) is 6.78. The van der Waals surface area contributed by atoms with Gasteiger partial charge in [-0.05, 0) is 49.4 Å². The maximum atomic E-state index is 13.5. The number of aromatic nitrogens is 3. The van der Waals surface area contributed by atoms with E-state index in [1.165, 1.54) is 38.4 Å². The van der Waals surface area contributed by atoms with Gasteiger partial charge in [0.1, 0.15) is 17.3 Å². The molecule has 228 valence electrons. The van der Waals surface area contributed by atoms with Crippen LogP contribution in [0, 0.1) is 17.3 Å². The molecule has 11 heteroatoms. The molecule has 0 radical (unpaired) electrons. The van der Waals surface area contributed by atoms with Crippen LogP contribution in [-0.2, 0) is 17.1 Å². The van der Waals surface area contributed by atoms with Crippen LogP contribution in [0.4, 0.5) is 0 Å². The Morgan fingerprint density at radius 1 is 1.00 bits per heavy atom. The monoisotopic (exact) mass is 647 g/mol. The van der Waals surface area contributed by atoms with Gasteiger partial charge >= 0.3 is 0 Å². The van der Waals surface area contributed by atoms with E-state index in [-0.39, 0.29) is 23.9 Å². The predicted octanol–water partition coefficient (Wildman–Crippen LogP) is 5.58. The molecule has 0 saturated carbocycles. The van der Waals surface area contributed by atoms with Gasteiger partial charge in [0.2, 0.25) is 5.91 Å². The molecule has 0 spiro atoms. The summed E-state index contributed by atoms with van der Waals surface area (Å²) < 4.78 is 3.57. The average molecular weight is 648 g/mol. The smallest absolute Gasteiger partial charge is 0.253 e. The van der Waals surface area contributed by atoms with Gasteiger partial charge in [0.15, 0.2) is 0 Å². The molecule has 1 fully saturated rings. The van der Waals surface area contributed by atoms with Gasteiger partial charge in [-0.3, -0.25) is 19.0 Å². The zero-order chi connectivity index (χ0) is 31.4. The number of rotatable bonds is 6. The number of pyridine rings is 1. The number of benzene rings is 1. The summed E-state index contributed by atoms with van der Waals surface area (Å²) in [6.45, 7) is 8.17. The maximum Gasteiger partial charge on any atom is 0.253 e. The lowest BCUT2D eigenvalue weighted by molar-refractivity contribution is -0.133. The van der Waals surface area contributed by atoms with Crippen LogP contribution in [0.2, 0.25) is 4.34 Å². The Morgan fingerprint density at radius 3 is 2.39 bits per heavy atom. The lowest BCUT2D eigenvalue weighted by Crippen LogP contribution is -2.48. The molecule has 0 unspecified atom stereocenters. The summed E-state index contributed by atoms with van der Waals surface area (Å²) in [6.07, 6.45) is 0. The first-order valence-electron chi connectivity index (χ1n) is 14.3. The largest absolute Gasteiger partial charge is 0.339 e. The van der Waals surface area contributed by atoms with E-state index in [1.807, 2.05) is 76.3 Å². The molecule has 1 amide bonds.